The van der Waals surface area contributed by atoms with Crippen molar-refractivity contribution >= 4 is 64.0 Å². The number of anilines is 1. The molecule has 0 heterocycles. The van der Waals surface area contributed by atoms with Crippen molar-refractivity contribution in [3.05, 3.63) is 61.5 Å². The first-order chi connectivity index (χ1) is 10.3. The number of halogens is 4. The van der Waals surface area contributed by atoms with E-state index in [1.165, 1.54) is 12.1 Å². The summed E-state index contributed by atoms with van der Waals surface area (Å²) in [6.45, 7) is 0. The van der Waals surface area contributed by atoms with Crippen LogP contribution in [-0.4, -0.2) is 11.9 Å². The van der Waals surface area contributed by atoms with Gasteiger partial charge in [-0.1, -0.05) is 46.4 Å². The Morgan fingerprint density at radius 3 is 2.05 bits per heavy atom. The van der Waals surface area contributed by atoms with Gasteiger partial charge in [0.2, 0.25) is 0 Å². The van der Waals surface area contributed by atoms with Crippen LogP contribution < -0.4 is 10.4 Å². The molecule has 0 aliphatic rings. The van der Waals surface area contributed by atoms with Crippen LogP contribution in [0.1, 0.15) is 20.7 Å². The Morgan fingerprint density at radius 1 is 0.864 bits per heavy atom. The first-order valence-electron chi connectivity index (χ1n) is 5.76. The number of aromatic carboxylic acids is 1. The number of carbonyl (C=O) groups is 2. The summed E-state index contributed by atoms with van der Waals surface area (Å²) in [6.07, 6.45) is 0. The highest BCUT2D eigenvalue weighted by Gasteiger charge is 2.16. The number of amides is 1. The van der Waals surface area contributed by atoms with E-state index in [9.17, 15) is 14.7 Å². The quantitative estimate of drug-likeness (QED) is 0.881. The Kier molecular flexibility index (Phi) is 5.19. The minimum atomic E-state index is -1.55. The van der Waals surface area contributed by atoms with E-state index in [2.05, 4.69) is 5.32 Å². The summed E-state index contributed by atoms with van der Waals surface area (Å²) in [5.41, 5.74) is -0.356. The van der Waals surface area contributed by atoms with Gasteiger partial charge in [0.1, 0.15) is 0 Å². The Balaban J connectivity index is 2.43. The topological polar surface area (TPSA) is 69.2 Å². The van der Waals surface area contributed by atoms with Crippen molar-refractivity contribution in [1.82, 2.24) is 0 Å². The second-order valence-corrected chi connectivity index (χ2v) is 5.84. The van der Waals surface area contributed by atoms with Crippen molar-refractivity contribution in [3.63, 3.8) is 0 Å². The number of hydrogen-bond donors (Lipinski definition) is 1. The van der Waals surface area contributed by atoms with E-state index in [1.54, 1.807) is 6.07 Å². The average molecular weight is 378 g/mol. The summed E-state index contributed by atoms with van der Waals surface area (Å²) >= 11 is 23.3. The molecule has 0 fully saturated rings. The van der Waals surface area contributed by atoms with E-state index in [-0.39, 0.29) is 31.9 Å². The first kappa shape index (κ1) is 16.9. The van der Waals surface area contributed by atoms with E-state index in [1.807, 2.05) is 0 Å². The Morgan fingerprint density at radius 2 is 1.45 bits per heavy atom. The molecule has 0 saturated carbocycles. The van der Waals surface area contributed by atoms with Crippen molar-refractivity contribution in [3.8, 4) is 0 Å². The van der Waals surface area contributed by atoms with Gasteiger partial charge >= 0.3 is 0 Å². The third kappa shape index (κ3) is 3.65. The lowest BCUT2D eigenvalue weighted by Crippen LogP contribution is -2.26. The van der Waals surface area contributed by atoms with Gasteiger partial charge in [0.15, 0.2) is 0 Å². The molecule has 4 nitrogen and oxygen atoms in total. The monoisotopic (exact) mass is 376 g/mol. The van der Waals surface area contributed by atoms with Crippen LogP contribution in [0.5, 0.6) is 0 Å². The molecule has 2 aromatic carbocycles. The lowest BCUT2D eigenvalue weighted by molar-refractivity contribution is -0.255. The second-order valence-electron chi connectivity index (χ2n) is 4.18. The molecule has 1 amide bonds. The Labute approximate surface area is 145 Å². The van der Waals surface area contributed by atoms with Gasteiger partial charge in [0, 0.05) is 10.6 Å². The predicted molar refractivity (Wildman–Crippen MR) is 85.2 cm³/mol. The maximum atomic E-state index is 12.3. The molecule has 0 aromatic heterocycles. The third-order valence-corrected chi connectivity index (χ3v) is 3.99. The van der Waals surface area contributed by atoms with Gasteiger partial charge in [-0.15, -0.1) is 0 Å². The van der Waals surface area contributed by atoms with Gasteiger partial charge < -0.3 is 15.2 Å². The molecule has 1 N–H and O–H groups in total. The van der Waals surface area contributed by atoms with Gasteiger partial charge in [-0.05, 0) is 30.3 Å². The molecule has 2 aromatic rings. The maximum absolute atomic E-state index is 12.3. The van der Waals surface area contributed by atoms with Crippen molar-refractivity contribution in [2.24, 2.45) is 0 Å². The number of benzene rings is 2. The summed E-state index contributed by atoms with van der Waals surface area (Å²) < 4.78 is 0. The number of carbonyl (C=O) groups excluding carboxylic acids is 2. The summed E-state index contributed by atoms with van der Waals surface area (Å²) in [5, 5.41) is 14.2. The molecule has 0 spiro atoms. The molecule has 0 radical (unpaired) electrons. The van der Waals surface area contributed by atoms with Crippen LogP contribution in [0.15, 0.2) is 30.3 Å². The number of carboxylic acid groups (broad SMARTS) is 1. The van der Waals surface area contributed by atoms with E-state index >= 15 is 0 Å². The van der Waals surface area contributed by atoms with E-state index < -0.39 is 11.9 Å². The molecular weight excluding hydrogens is 372 g/mol. The summed E-state index contributed by atoms with van der Waals surface area (Å²) in [5.74, 6) is -2.29. The predicted octanol–water partition coefficient (Wildman–Crippen LogP) is 3.92. The summed E-state index contributed by atoms with van der Waals surface area (Å²) in [7, 11) is 0. The standard InChI is InChI=1S/C14H7Cl4NO3/c15-6-1-2-9(16)12(3-6)19-13(20)7-4-10(17)11(18)5-8(7)14(21)22/h1-5H,(H,19,20)(H,21,22)/p-1. The lowest BCUT2D eigenvalue weighted by atomic mass is 10.1. The Bertz CT molecular complexity index is 777. The number of hydrogen-bond acceptors (Lipinski definition) is 3. The maximum Gasteiger partial charge on any atom is 0.256 e. The van der Waals surface area contributed by atoms with Crippen molar-refractivity contribution in [2.75, 3.05) is 5.32 Å². The van der Waals surface area contributed by atoms with Crippen LogP contribution >= 0.6 is 46.4 Å². The minimum absolute atomic E-state index is 0.00166. The fourth-order valence-electron chi connectivity index (χ4n) is 1.69. The Hall–Kier alpha value is -1.46. The molecule has 114 valence electrons. The highest BCUT2D eigenvalue weighted by atomic mass is 35.5. The van der Waals surface area contributed by atoms with Crippen molar-refractivity contribution in [1.29, 1.82) is 0 Å². The van der Waals surface area contributed by atoms with Crippen molar-refractivity contribution in [2.45, 2.75) is 0 Å². The molecule has 0 aliphatic heterocycles. The molecule has 8 heteroatoms. The molecular formula is C14H6Cl4NO3-. The minimum Gasteiger partial charge on any atom is -0.545 e. The average Bonchev–Trinajstić information content (AvgIpc) is 2.45. The smallest absolute Gasteiger partial charge is 0.256 e. The van der Waals surface area contributed by atoms with Crippen LogP contribution in [0.4, 0.5) is 5.69 Å². The largest absolute Gasteiger partial charge is 0.545 e. The lowest BCUT2D eigenvalue weighted by Gasteiger charge is -2.13. The van der Waals surface area contributed by atoms with E-state index in [4.69, 9.17) is 46.4 Å². The number of carboxylic acids is 1. The van der Waals surface area contributed by atoms with Gasteiger partial charge in [-0.25, -0.2) is 0 Å². The fraction of sp³-hybridized carbons (Fsp3) is 0. The molecule has 22 heavy (non-hydrogen) atoms. The number of rotatable bonds is 3. The molecule has 0 saturated heterocycles. The SMILES string of the molecule is O=C([O-])c1cc(Cl)c(Cl)cc1C(=O)Nc1cc(Cl)ccc1Cl. The van der Waals surface area contributed by atoms with Gasteiger partial charge in [-0.2, -0.15) is 0 Å². The van der Waals surface area contributed by atoms with Crippen LogP contribution in [0.3, 0.4) is 0 Å². The van der Waals surface area contributed by atoms with E-state index in [0.29, 0.717) is 5.02 Å². The van der Waals surface area contributed by atoms with Crippen LogP contribution in [-0.2, 0) is 0 Å². The summed E-state index contributed by atoms with van der Waals surface area (Å²) in [6, 6.07) is 6.66. The third-order valence-electron chi connectivity index (χ3n) is 2.70. The molecule has 0 bridgehead atoms. The van der Waals surface area contributed by atoms with Crippen LogP contribution in [0.2, 0.25) is 20.1 Å². The second kappa shape index (κ2) is 6.75. The van der Waals surface area contributed by atoms with Crippen LogP contribution in [0, 0.1) is 0 Å². The first-order valence-corrected chi connectivity index (χ1v) is 7.27. The van der Waals surface area contributed by atoms with E-state index in [0.717, 1.165) is 12.1 Å². The highest BCUT2D eigenvalue weighted by molar-refractivity contribution is 6.42. The van der Waals surface area contributed by atoms with Gasteiger partial charge in [-0.3, -0.25) is 4.79 Å². The zero-order valence-corrected chi connectivity index (χ0v) is 13.6. The van der Waals surface area contributed by atoms with Crippen LogP contribution in [0.25, 0.3) is 0 Å². The number of nitrogens with one attached hydrogen (secondary N) is 1. The molecule has 0 atom stereocenters. The normalized spacial score (nSPS) is 10.4. The van der Waals surface area contributed by atoms with Gasteiger partial charge in [0.05, 0.1) is 32.3 Å². The zero-order chi connectivity index (χ0) is 16.4. The molecule has 2 rings (SSSR count). The zero-order valence-electron chi connectivity index (χ0n) is 10.6. The fourth-order valence-corrected chi connectivity index (χ4v) is 2.35. The molecule has 0 aliphatic carbocycles. The van der Waals surface area contributed by atoms with Gasteiger partial charge in [0.25, 0.3) is 5.91 Å². The highest BCUT2D eigenvalue weighted by Crippen LogP contribution is 2.29. The molecule has 0 unspecified atom stereocenters. The van der Waals surface area contributed by atoms with Crippen molar-refractivity contribution < 1.29 is 14.7 Å². The summed E-state index contributed by atoms with van der Waals surface area (Å²) in [4.78, 5) is 23.4.